The minimum Gasteiger partial charge on any atom is -0.393 e. The Morgan fingerprint density at radius 3 is 2.94 bits per heavy atom. The Morgan fingerprint density at radius 2 is 2.38 bits per heavy atom. The molecule has 1 aromatic heterocycles. The maximum Gasteiger partial charge on any atom is 0.323 e. The number of rotatable bonds is 3. The van der Waals surface area contributed by atoms with Gasteiger partial charge in [-0.15, -0.1) is 0 Å². The van der Waals surface area contributed by atoms with E-state index in [1.807, 2.05) is 0 Å². The number of hydrogen-bond acceptors (Lipinski definition) is 3. The molecule has 0 aliphatic heterocycles. The van der Waals surface area contributed by atoms with E-state index in [2.05, 4.69) is 15.3 Å². The first-order chi connectivity index (χ1) is 7.66. The molecule has 0 aromatic carbocycles. The van der Waals surface area contributed by atoms with Crippen molar-refractivity contribution >= 4 is 5.91 Å². The van der Waals surface area contributed by atoms with Crippen molar-refractivity contribution in [1.29, 1.82) is 0 Å². The molecule has 1 aliphatic carbocycles. The molecule has 2 rings (SSSR count). The lowest BCUT2D eigenvalue weighted by Gasteiger charge is -2.14. The normalized spacial score (nSPS) is 24.6. The van der Waals surface area contributed by atoms with Gasteiger partial charge in [0.1, 0.15) is 5.69 Å². The first-order valence-corrected chi connectivity index (χ1v) is 5.41. The third-order valence-corrected chi connectivity index (χ3v) is 2.98. The summed E-state index contributed by atoms with van der Waals surface area (Å²) in [5.41, 5.74) is -0.177. The van der Waals surface area contributed by atoms with Gasteiger partial charge in [-0.3, -0.25) is 4.79 Å². The van der Waals surface area contributed by atoms with Crippen LogP contribution < -0.4 is 11.0 Å². The van der Waals surface area contributed by atoms with Crippen molar-refractivity contribution < 1.29 is 9.90 Å². The van der Waals surface area contributed by atoms with Crippen molar-refractivity contribution in [1.82, 2.24) is 15.3 Å². The maximum atomic E-state index is 11.5. The molecule has 1 aromatic rings. The summed E-state index contributed by atoms with van der Waals surface area (Å²) >= 11 is 0. The molecular formula is C10H15N3O3. The number of aromatic nitrogens is 2. The second-order valence-electron chi connectivity index (χ2n) is 4.12. The number of carbonyl (C=O) groups is 1. The number of H-pyrrole nitrogens is 2. The number of aliphatic hydroxyl groups excluding tert-OH is 1. The molecule has 88 valence electrons. The van der Waals surface area contributed by atoms with Gasteiger partial charge in [-0.05, 0) is 12.8 Å². The van der Waals surface area contributed by atoms with Gasteiger partial charge >= 0.3 is 5.69 Å². The summed E-state index contributed by atoms with van der Waals surface area (Å²) in [5.74, 6) is -0.188. The quantitative estimate of drug-likeness (QED) is 0.563. The van der Waals surface area contributed by atoms with Crippen LogP contribution in [0.5, 0.6) is 0 Å². The zero-order valence-corrected chi connectivity index (χ0v) is 8.82. The van der Waals surface area contributed by atoms with Gasteiger partial charge < -0.3 is 20.4 Å². The Balaban J connectivity index is 1.86. The summed E-state index contributed by atoms with van der Waals surface area (Å²) in [5, 5.41) is 12.3. The third-order valence-electron chi connectivity index (χ3n) is 2.98. The SMILES string of the molecule is O=C(NCC1CCCC1O)c1c[nH]c(=O)[nH]1. The predicted molar refractivity (Wildman–Crippen MR) is 57.1 cm³/mol. The highest BCUT2D eigenvalue weighted by atomic mass is 16.3. The first-order valence-electron chi connectivity index (χ1n) is 5.41. The van der Waals surface area contributed by atoms with E-state index in [1.165, 1.54) is 6.20 Å². The van der Waals surface area contributed by atoms with Crippen LogP contribution in [0.3, 0.4) is 0 Å². The summed E-state index contributed by atoms with van der Waals surface area (Å²) in [6.45, 7) is 0.452. The molecule has 1 saturated carbocycles. The van der Waals surface area contributed by atoms with Crippen LogP contribution in [-0.2, 0) is 0 Å². The molecule has 0 spiro atoms. The number of imidazole rings is 1. The van der Waals surface area contributed by atoms with Crippen LogP contribution in [0, 0.1) is 5.92 Å². The average molecular weight is 225 g/mol. The number of hydrogen-bond donors (Lipinski definition) is 4. The van der Waals surface area contributed by atoms with E-state index < -0.39 is 5.69 Å². The van der Waals surface area contributed by atoms with E-state index in [1.54, 1.807) is 0 Å². The number of carbonyl (C=O) groups excluding carboxylic acids is 1. The van der Waals surface area contributed by atoms with E-state index in [-0.39, 0.29) is 23.6 Å². The molecule has 2 unspecified atom stereocenters. The highest BCUT2D eigenvalue weighted by Crippen LogP contribution is 2.24. The summed E-state index contributed by atoms with van der Waals surface area (Å²) < 4.78 is 0. The predicted octanol–water partition coefficient (Wildman–Crippen LogP) is -0.406. The lowest BCUT2D eigenvalue weighted by Crippen LogP contribution is -2.32. The van der Waals surface area contributed by atoms with Crippen molar-refractivity contribution in [2.24, 2.45) is 5.92 Å². The minimum absolute atomic E-state index is 0.134. The molecule has 6 heteroatoms. The number of amides is 1. The molecule has 1 amide bonds. The van der Waals surface area contributed by atoms with Crippen molar-refractivity contribution in [3.05, 3.63) is 22.4 Å². The minimum atomic E-state index is -0.397. The molecule has 0 radical (unpaired) electrons. The van der Waals surface area contributed by atoms with Gasteiger partial charge in [-0.2, -0.15) is 0 Å². The zero-order valence-electron chi connectivity index (χ0n) is 8.82. The van der Waals surface area contributed by atoms with Gasteiger partial charge in [0.15, 0.2) is 0 Å². The van der Waals surface area contributed by atoms with Crippen LogP contribution in [0.4, 0.5) is 0 Å². The largest absolute Gasteiger partial charge is 0.393 e. The number of nitrogens with one attached hydrogen (secondary N) is 3. The lowest BCUT2D eigenvalue weighted by molar-refractivity contribution is 0.0912. The van der Waals surface area contributed by atoms with Gasteiger partial charge in [0, 0.05) is 18.7 Å². The lowest BCUT2D eigenvalue weighted by atomic mass is 10.1. The van der Waals surface area contributed by atoms with Crippen LogP contribution in [0.25, 0.3) is 0 Å². The van der Waals surface area contributed by atoms with Crippen molar-refractivity contribution in [2.75, 3.05) is 6.54 Å². The first kappa shape index (κ1) is 10.9. The Morgan fingerprint density at radius 1 is 1.56 bits per heavy atom. The van der Waals surface area contributed by atoms with Crippen LogP contribution >= 0.6 is 0 Å². The summed E-state index contributed by atoms with van der Waals surface area (Å²) in [7, 11) is 0. The fourth-order valence-electron chi connectivity index (χ4n) is 2.03. The fourth-order valence-corrected chi connectivity index (χ4v) is 2.03. The zero-order chi connectivity index (χ0) is 11.5. The summed E-state index contributed by atoms with van der Waals surface area (Å²) in [4.78, 5) is 27.1. The molecule has 4 N–H and O–H groups in total. The van der Waals surface area contributed by atoms with E-state index in [4.69, 9.17) is 0 Å². The van der Waals surface area contributed by atoms with E-state index in [0.717, 1.165) is 19.3 Å². The van der Waals surface area contributed by atoms with Gasteiger partial charge in [0.05, 0.1) is 6.10 Å². The highest BCUT2D eigenvalue weighted by Gasteiger charge is 2.25. The van der Waals surface area contributed by atoms with Crippen LogP contribution in [0.2, 0.25) is 0 Å². The second-order valence-corrected chi connectivity index (χ2v) is 4.12. The van der Waals surface area contributed by atoms with Crippen LogP contribution in [-0.4, -0.2) is 33.6 Å². The van der Waals surface area contributed by atoms with Crippen molar-refractivity contribution in [3.63, 3.8) is 0 Å². The summed E-state index contributed by atoms with van der Waals surface area (Å²) in [6.07, 6.45) is 3.77. The van der Waals surface area contributed by atoms with Gasteiger partial charge in [0.2, 0.25) is 0 Å². The van der Waals surface area contributed by atoms with Gasteiger partial charge in [0.25, 0.3) is 5.91 Å². The molecule has 6 nitrogen and oxygen atoms in total. The fraction of sp³-hybridized carbons (Fsp3) is 0.600. The Bertz CT molecular complexity index is 423. The smallest absolute Gasteiger partial charge is 0.323 e. The molecule has 0 saturated heterocycles. The standard InChI is InChI=1S/C10H15N3O3/c14-8-3-1-2-6(8)4-11-9(15)7-5-12-10(16)13-7/h5-6,8,14H,1-4H2,(H,11,15)(H2,12,13,16). The van der Waals surface area contributed by atoms with Gasteiger partial charge in [-0.25, -0.2) is 4.79 Å². The van der Waals surface area contributed by atoms with E-state index in [9.17, 15) is 14.7 Å². The van der Waals surface area contributed by atoms with Gasteiger partial charge in [-0.1, -0.05) is 6.42 Å². The Kier molecular flexibility index (Phi) is 3.09. The van der Waals surface area contributed by atoms with Crippen molar-refractivity contribution in [3.8, 4) is 0 Å². The third kappa shape index (κ3) is 2.33. The number of aromatic amines is 2. The second kappa shape index (κ2) is 4.52. The molecule has 16 heavy (non-hydrogen) atoms. The molecule has 0 bridgehead atoms. The summed E-state index contributed by atoms with van der Waals surface area (Å²) in [6, 6.07) is 0. The molecule has 2 atom stereocenters. The van der Waals surface area contributed by atoms with Crippen molar-refractivity contribution in [2.45, 2.75) is 25.4 Å². The molecule has 1 fully saturated rings. The average Bonchev–Trinajstić information content (AvgIpc) is 2.84. The Labute approximate surface area is 92.1 Å². The topological polar surface area (TPSA) is 98.0 Å². The van der Waals surface area contributed by atoms with Crippen LogP contribution in [0.15, 0.2) is 11.0 Å². The van der Waals surface area contributed by atoms with Crippen LogP contribution in [0.1, 0.15) is 29.8 Å². The maximum absolute atomic E-state index is 11.5. The van der Waals surface area contributed by atoms with E-state index >= 15 is 0 Å². The number of aliphatic hydroxyl groups is 1. The molecule has 1 heterocycles. The molecular weight excluding hydrogens is 210 g/mol. The highest BCUT2D eigenvalue weighted by molar-refractivity contribution is 5.91. The monoisotopic (exact) mass is 225 g/mol. The Hall–Kier alpha value is -1.56. The van der Waals surface area contributed by atoms with E-state index in [0.29, 0.717) is 6.54 Å². The molecule has 1 aliphatic rings.